The number of hydrogen-bond donors (Lipinski definition) is 3. The number of hydrogen-bond acceptors (Lipinski definition) is 6. The van der Waals surface area contributed by atoms with E-state index in [2.05, 4.69) is 15.4 Å². The fraction of sp³-hybridized carbons (Fsp3) is 0.238. The average molecular weight is 440 g/mol. The van der Waals surface area contributed by atoms with E-state index in [0.29, 0.717) is 29.5 Å². The fourth-order valence-corrected chi connectivity index (χ4v) is 4.20. The third kappa shape index (κ3) is 4.13. The number of nitrogens with one attached hydrogen (secondary N) is 1. The molecule has 0 amide bonds. The normalized spacial score (nSPS) is 17.2. The monoisotopic (exact) mass is 440 g/mol. The van der Waals surface area contributed by atoms with Crippen molar-refractivity contribution >= 4 is 24.7 Å². The van der Waals surface area contributed by atoms with Crippen LogP contribution in [0.2, 0.25) is 0 Å². The van der Waals surface area contributed by atoms with Crippen LogP contribution in [0.3, 0.4) is 0 Å². The van der Waals surface area contributed by atoms with E-state index in [-0.39, 0.29) is 11.5 Å². The van der Waals surface area contributed by atoms with E-state index in [1.807, 2.05) is 42.6 Å². The summed E-state index contributed by atoms with van der Waals surface area (Å²) in [7, 11) is -4.44. The lowest BCUT2D eigenvalue weighted by Crippen LogP contribution is -2.30. The number of rotatable bonds is 5. The van der Waals surface area contributed by atoms with Gasteiger partial charge in [-0.1, -0.05) is 18.2 Å². The largest absolute Gasteiger partial charge is 0.448 e. The summed E-state index contributed by atoms with van der Waals surface area (Å²) in [4.78, 5) is 23.3. The van der Waals surface area contributed by atoms with Crippen molar-refractivity contribution < 1.29 is 23.5 Å². The molecule has 5 rings (SSSR count). The summed E-state index contributed by atoms with van der Waals surface area (Å²) in [6, 6.07) is 14.4. The van der Waals surface area contributed by atoms with Gasteiger partial charge < -0.3 is 24.3 Å². The van der Waals surface area contributed by atoms with E-state index in [1.54, 1.807) is 10.6 Å². The quantitative estimate of drug-likeness (QED) is 0.405. The van der Waals surface area contributed by atoms with Crippen LogP contribution in [0, 0.1) is 0 Å². The van der Waals surface area contributed by atoms with Gasteiger partial charge in [-0.05, 0) is 48.7 Å². The van der Waals surface area contributed by atoms with Crippen molar-refractivity contribution in [1.29, 1.82) is 0 Å². The van der Waals surface area contributed by atoms with Crippen molar-refractivity contribution in [2.45, 2.75) is 18.9 Å². The van der Waals surface area contributed by atoms with Gasteiger partial charge in [0.05, 0.1) is 12.6 Å². The third-order valence-corrected chi connectivity index (χ3v) is 6.01. The standard InChI is InChI=1S/C21H21N4O5P/c26-31(27,28)19-9-8-18(30-19)15-5-1-4-14(12-15)17-7-2-10-25-20(17)23-21(24-25)22-16-6-3-11-29-13-16/h1-2,4-5,7-10,12,16H,3,6,11,13H2,(H,22,24)(H2,26,27,28). The second-order valence-corrected chi connectivity index (χ2v) is 8.98. The first-order valence-electron chi connectivity index (χ1n) is 9.94. The lowest BCUT2D eigenvalue weighted by atomic mass is 10.0. The molecule has 1 aliphatic rings. The molecule has 4 heterocycles. The maximum atomic E-state index is 11.4. The third-order valence-electron chi connectivity index (χ3n) is 5.19. The van der Waals surface area contributed by atoms with Crippen LogP contribution in [0.5, 0.6) is 0 Å². The van der Waals surface area contributed by atoms with Gasteiger partial charge in [0.2, 0.25) is 11.4 Å². The Morgan fingerprint density at radius 1 is 1.13 bits per heavy atom. The van der Waals surface area contributed by atoms with Gasteiger partial charge in [-0.2, -0.15) is 4.98 Å². The van der Waals surface area contributed by atoms with Crippen LogP contribution in [-0.4, -0.2) is 43.6 Å². The Labute approximate surface area is 177 Å². The zero-order chi connectivity index (χ0) is 21.4. The van der Waals surface area contributed by atoms with Crippen molar-refractivity contribution in [1.82, 2.24) is 14.6 Å². The first kappa shape index (κ1) is 20.0. The molecule has 0 radical (unpaired) electrons. The highest BCUT2D eigenvalue weighted by atomic mass is 31.2. The zero-order valence-corrected chi connectivity index (χ0v) is 17.4. The maximum Gasteiger partial charge on any atom is 0.391 e. The minimum atomic E-state index is -4.44. The number of pyridine rings is 1. The molecule has 1 aromatic carbocycles. The molecule has 9 nitrogen and oxygen atoms in total. The number of fused-ring (bicyclic) bond motifs is 1. The number of aromatic nitrogens is 3. The number of nitrogens with zero attached hydrogens (tertiary/aromatic N) is 3. The van der Waals surface area contributed by atoms with E-state index in [9.17, 15) is 14.4 Å². The van der Waals surface area contributed by atoms with Crippen LogP contribution >= 0.6 is 7.60 Å². The van der Waals surface area contributed by atoms with Gasteiger partial charge >= 0.3 is 7.60 Å². The lowest BCUT2D eigenvalue weighted by molar-refractivity contribution is 0.0874. The predicted octanol–water partition coefficient (Wildman–Crippen LogP) is 3.05. The highest BCUT2D eigenvalue weighted by Gasteiger charge is 2.22. The molecular weight excluding hydrogens is 419 g/mol. The Kier molecular flexibility index (Phi) is 5.11. The number of furan rings is 1. The smallest absolute Gasteiger partial charge is 0.391 e. The van der Waals surface area contributed by atoms with Gasteiger partial charge in [0.1, 0.15) is 5.76 Å². The van der Waals surface area contributed by atoms with Crippen LogP contribution in [0.15, 0.2) is 59.1 Å². The fourth-order valence-electron chi connectivity index (χ4n) is 3.71. The number of ether oxygens (including phenoxy) is 1. The van der Waals surface area contributed by atoms with Gasteiger partial charge in [-0.25, -0.2) is 4.52 Å². The Hall–Kier alpha value is -2.97. The summed E-state index contributed by atoms with van der Waals surface area (Å²) in [6.07, 6.45) is 3.88. The van der Waals surface area contributed by atoms with Crippen LogP contribution in [0.4, 0.5) is 5.95 Å². The van der Waals surface area contributed by atoms with Gasteiger partial charge in [0.15, 0.2) is 5.65 Å². The Morgan fingerprint density at radius 2 is 2.00 bits per heavy atom. The minimum absolute atomic E-state index is 0.195. The molecule has 0 saturated carbocycles. The first-order chi connectivity index (χ1) is 15.0. The predicted molar refractivity (Wildman–Crippen MR) is 115 cm³/mol. The Morgan fingerprint density at radius 3 is 2.77 bits per heavy atom. The first-order valence-corrected chi connectivity index (χ1v) is 11.5. The number of benzene rings is 1. The molecule has 1 saturated heterocycles. The molecule has 1 fully saturated rings. The van der Waals surface area contributed by atoms with E-state index in [1.165, 1.54) is 6.07 Å². The summed E-state index contributed by atoms with van der Waals surface area (Å²) in [6.45, 7) is 1.44. The summed E-state index contributed by atoms with van der Waals surface area (Å²) in [5.41, 5.74) is 2.82. The second kappa shape index (κ2) is 7.94. The van der Waals surface area contributed by atoms with Gasteiger partial charge in [0, 0.05) is 23.9 Å². The van der Waals surface area contributed by atoms with E-state index >= 15 is 0 Å². The topological polar surface area (TPSA) is 122 Å². The Balaban J connectivity index is 1.48. The van der Waals surface area contributed by atoms with Gasteiger partial charge in [0.25, 0.3) is 0 Å². The SMILES string of the molecule is O=P(O)(O)c1ccc(-c2cccc(-c3cccn4nc(NC5CCCOC5)nc34)c2)o1. The summed E-state index contributed by atoms with van der Waals surface area (Å²) >= 11 is 0. The molecule has 3 N–H and O–H groups in total. The van der Waals surface area contributed by atoms with Crippen molar-refractivity contribution in [2.24, 2.45) is 0 Å². The molecule has 1 unspecified atom stereocenters. The molecule has 31 heavy (non-hydrogen) atoms. The van der Waals surface area contributed by atoms with Crippen LogP contribution in [0.1, 0.15) is 12.8 Å². The highest BCUT2D eigenvalue weighted by molar-refractivity contribution is 7.59. The summed E-state index contributed by atoms with van der Waals surface area (Å²) < 4.78 is 24.1. The second-order valence-electron chi connectivity index (χ2n) is 7.45. The van der Waals surface area contributed by atoms with Gasteiger partial charge in [-0.3, -0.25) is 4.57 Å². The van der Waals surface area contributed by atoms with Crippen molar-refractivity contribution in [3.8, 4) is 22.5 Å². The highest BCUT2D eigenvalue weighted by Crippen LogP contribution is 2.36. The minimum Gasteiger partial charge on any atom is -0.448 e. The molecule has 1 atom stereocenters. The molecule has 160 valence electrons. The zero-order valence-electron chi connectivity index (χ0n) is 16.5. The molecule has 3 aromatic heterocycles. The maximum absolute atomic E-state index is 11.4. The average Bonchev–Trinajstić information content (AvgIpc) is 3.41. The molecular formula is C21H21N4O5P. The number of anilines is 1. The molecule has 4 aromatic rings. The molecule has 0 aliphatic carbocycles. The van der Waals surface area contributed by atoms with Crippen LogP contribution in [0.25, 0.3) is 28.1 Å². The molecule has 0 bridgehead atoms. The van der Waals surface area contributed by atoms with Crippen LogP contribution in [-0.2, 0) is 9.30 Å². The summed E-state index contributed by atoms with van der Waals surface area (Å²) in [5, 5.41) is 7.88. The van der Waals surface area contributed by atoms with Crippen molar-refractivity contribution in [3.63, 3.8) is 0 Å². The van der Waals surface area contributed by atoms with E-state index in [4.69, 9.17) is 9.15 Å². The molecule has 0 spiro atoms. The Bertz CT molecular complexity index is 1270. The van der Waals surface area contributed by atoms with Gasteiger partial charge in [-0.15, -0.1) is 5.10 Å². The van der Waals surface area contributed by atoms with E-state index in [0.717, 1.165) is 30.6 Å². The summed E-state index contributed by atoms with van der Waals surface area (Å²) in [5.74, 6) is 0.935. The molecule has 1 aliphatic heterocycles. The van der Waals surface area contributed by atoms with E-state index < -0.39 is 7.60 Å². The molecule has 10 heteroatoms. The van der Waals surface area contributed by atoms with Crippen molar-refractivity contribution in [3.05, 3.63) is 54.7 Å². The van der Waals surface area contributed by atoms with Crippen molar-refractivity contribution in [2.75, 3.05) is 18.5 Å². The van der Waals surface area contributed by atoms with Crippen LogP contribution < -0.4 is 10.8 Å². The lowest BCUT2D eigenvalue weighted by Gasteiger charge is -2.22.